The van der Waals surface area contributed by atoms with Gasteiger partial charge in [0.2, 0.25) is 0 Å². The highest BCUT2D eigenvalue weighted by Crippen LogP contribution is 2.45. The number of rotatable bonds is 4. The zero-order valence-electron chi connectivity index (χ0n) is 10.0. The fourth-order valence-corrected chi connectivity index (χ4v) is 2.35. The van der Waals surface area contributed by atoms with E-state index in [1.807, 2.05) is 12.1 Å². The number of hydrogen-bond donors (Lipinski definition) is 1. The Labute approximate surface area is 101 Å². The van der Waals surface area contributed by atoms with Gasteiger partial charge >= 0.3 is 0 Å². The summed E-state index contributed by atoms with van der Waals surface area (Å²) in [7, 11) is 1.69. The van der Waals surface area contributed by atoms with Crippen LogP contribution in [0.5, 0.6) is 5.75 Å². The summed E-state index contributed by atoms with van der Waals surface area (Å²) in [5, 5.41) is 1.16. The minimum absolute atomic E-state index is 0.620. The minimum Gasteiger partial charge on any atom is -0.497 e. The Morgan fingerprint density at radius 2 is 2.24 bits per heavy atom. The average Bonchev–Trinajstić information content (AvgIpc) is 3.13. The monoisotopic (exact) mass is 231 g/mol. The molecule has 0 amide bonds. The van der Waals surface area contributed by atoms with Gasteiger partial charge < -0.3 is 14.9 Å². The second-order valence-corrected chi connectivity index (χ2v) is 4.62. The molecule has 0 spiro atoms. The van der Waals surface area contributed by atoms with Crippen LogP contribution in [0.2, 0.25) is 0 Å². The molecule has 3 rings (SSSR count). The molecule has 0 radical (unpaired) electrons. The number of benzene rings is 1. The minimum atomic E-state index is 0.620. The molecule has 3 nitrogen and oxygen atoms in total. The van der Waals surface area contributed by atoms with E-state index in [1.165, 1.54) is 18.4 Å². The summed E-state index contributed by atoms with van der Waals surface area (Å²) in [5.41, 5.74) is 7.93. The van der Waals surface area contributed by atoms with Crippen LogP contribution in [0.4, 0.5) is 0 Å². The molecule has 0 bridgehead atoms. The fraction of sp³-hybridized carbons (Fsp3) is 0.429. The third-order valence-electron chi connectivity index (χ3n) is 3.37. The zero-order chi connectivity index (χ0) is 11.8. The molecule has 1 aromatic carbocycles. The first-order valence-electron chi connectivity index (χ1n) is 6.13. The van der Waals surface area contributed by atoms with Crippen molar-refractivity contribution in [1.29, 1.82) is 0 Å². The van der Waals surface area contributed by atoms with Crippen LogP contribution in [-0.2, 0) is 6.42 Å². The van der Waals surface area contributed by atoms with Gasteiger partial charge in [-0.15, -0.1) is 0 Å². The lowest BCUT2D eigenvalue weighted by atomic mass is 10.1. The number of ether oxygens (including phenoxy) is 1. The van der Waals surface area contributed by atoms with E-state index in [4.69, 9.17) is 14.9 Å². The largest absolute Gasteiger partial charge is 0.497 e. The Hall–Kier alpha value is -1.48. The molecule has 0 saturated heterocycles. The summed E-state index contributed by atoms with van der Waals surface area (Å²) < 4.78 is 11.2. The van der Waals surface area contributed by atoms with Gasteiger partial charge in [0.15, 0.2) is 0 Å². The van der Waals surface area contributed by atoms with Crippen LogP contribution in [0.3, 0.4) is 0 Å². The highest BCUT2D eigenvalue weighted by molar-refractivity contribution is 5.84. The molecule has 1 aliphatic carbocycles. The lowest BCUT2D eigenvalue weighted by molar-refractivity contribution is 0.415. The van der Waals surface area contributed by atoms with Crippen molar-refractivity contribution in [3.63, 3.8) is 0 Å². The molecule has 2 N–H and O–H groups in total. The maximum atomic E-state index is 5.96. The van der Waals surface area contributed by atoms with E-state index in [9.17, 15) is 0 Å². The number of hydrogen-bond acceptors (Lipinski definition) is 3. The smallest absolute Gasteiger partial charge is 0.134 e. The first kappa shape index (κ1) is 10.7. The summed E-state index contributed by atoms with van der Waals surface area (Å²) in [6, 6.07) is 5.98. The Bertz CT molecular complexity index is 540. The Morgan fingerprint density at radius 3 is 2.88 bits per heavy atom. The van der Waals surface area contributed by atoms with Crippen LogP contribution in [0.15, 0.2) is 22.6 Å². The zero-order valence-corrected chi connectivity index (χ0v) is 10.0. The normalized spacial score (nSPS) is 15.4. The van der Waals surface area contributed by atoms with Crippen LogP contribution >= 0.6 is 0 Å². The van der Waals surface area contributed by atoms with Crippen molar-refractivity contribution in [2.75, 3.05) is 13.7 Å². The molecule has 0 aliphatic heterocycles. The highest BCUT2D eigenvalue weighted by Gasteiger charge is 2.30. The summed E-state index contributed by atoms with van der Waals surface area (Å²) in [4.78, 5) is 0. The molecular formula is C14H17NO2. The lowest BCUT2D eigenvalue weighted by Gasteiger charge is -2.01. The van der Waals surface area contributed by atoms with E-state index in [-0.39, 0.29) is 0 Å². The summed E-state index contributed by atoms with van der Waals surface area (Å²) in [6.45, 7) is 0.658. The summed E-state index contributed by atoms with van der Waals surface area (Å²) >= 11 is 0. The molecule has 0 unspecified atom stereocenters. The van der Waals surface area contributed by atoms with Gasteiger partial charge in [0, 0.05) is 16.9 Å². The van der Waals surface area contributed by atoms with Crippen molar-refractivity contribution in [2.24, 2.45) is 5.73 Å². The maximum Gasteiger partial charge on any atom is 0.134 e. The van der Waals surface area contributed by atoms with E-state index in [0.717, 1.165) is 28.9 Å². The van der Waals surface area contributed by atoms with Crippen molar-refractivity contribution in [3.8, 4) is 5.75 Å². The summed E-state index contributed by atoms with van der Waals surface area (Å²) in [6.07, 6.45) is 3.37. The van der Waals surface area contributed by atoms with Gasteiger partial charge in [-0.1, -0.05) is 0 Å². The second kappa shape index (κ2) is 4.08. The van der Waals surface area contributed by atoms with Gasteiger partial charge in [-0.2, -0.15) is 0 Å². The van der Waals surface area contributed by atoms with Crippen LogP contribution in [-0.4, -0.2) is 13.7 Å². The molecular weight excluding hydrogens is 214 g/mol. The van der Waals surface area contributed by atoms with Gasteiger partial charge in [-0.25, -0.2) is 0 Å². The lowest BCUT2D eigenvalue weighted by Crippen LogP contribution is -2.03. The van der Waals surface area contributed by atoms with Crippen molar-refractivity contribution in [2.45, 2.75) is 25.2 Å². The molecule has 0 atom stereocenters. The molecule has 17 heavy (non-hydrogen) atoms. The number of furan rings is 1. The average molecular weight is 231 g/mol. The van der Waals surface area contributed by atoms with E-state index >= 15 is 0 Å². The SMILES string of the molecule is COc1ccc2oc(C3CC3)c(CCN)c2c1. The maximum absolute atomic E-state index is 5.96. The van der Waals surface area contributed by atoms with E-state index in [2.05, 4.69) is 6.07 Å². The highest BCUT2D eigenvalue weighted by atomic mass is 16.5. The van der Waals surface area contributed by atoms with Crippen LogP contribution < -0.4 is 10.5 Å². The van der Waals surface area contributed by atoms with Crippen LogP contribution in [0.1, 0.15) is 30.1 Å². The Kier molecular flexibility index (Phi) is 2.56. The van der Waals surface area contributed by atoms with E-state index in [1.54, 1.807) is 7.11 Å². The quantitative estimate of drug-likeness (QED) is 0.880. The van der Waals surface area contributed by atoms with E-state index < -0.39 is 0 Å². The third-order valence-corrected chi connectivity index (χ3v) is 3.37. The van der Waals surface area contributed by atoms with Gasteiger partial charge in [0.25, 0.3) is 0 Å². The predicted molar refractivity (Wildman–Crippen MR) is 67.5 cm³/mol. The Morgan fingerprint density at radius 1 is 1.41 bits per heavy atom. The molecule has 1 heterocycles. The van der Waals surface area contributed by atoms with Crippen molar-refractivity contribution < 1.29 is 9.15 Å². The topological polar surface area (TPSA) is 48.4 Å². The van der Waals surface area contributed by atoms with Gasteiger partial charge in [0.05, 0.1) is 7.11 Å². The van der Waals surface area contributed by atoms with Gasteiger partial charge in [0.1, 0.15) is 17.1 Å². The predicted octanol–water partition coefficient (Wildman–Crippen LogP) is 2.82. The van der Waals surface area contributed by atoms with Crippen molar-refractivity contribution in [3.05, 3.63) is 29.5 Å². The van der Waals surface area contributed by atoms with E-state index in [0.29, 0.717) is 12.5 Å². The number of fused-ring (bicyclic) bond motifs is 1. The number of nitrogens with two attached hydrogens (primary N) is 1. The fourth-order valence-electron chi connectivity index (χ4n) is 2.35. The van der Waals surface area contributed by atoms with Gasteiger partial charge in [-0.3, -0.25) is 0 Å². The first-order chi connectivity index (χ1) is 8.33. The molecule has 90 valence electrons. The molecule has 1 saturated carbocycles. The molecule has 2 aromatic rings. The first-order valence-corrected chi connectivity index (χ1v) is 6.13. The van der Waals surface area contributed by atoms with Crippen LogP contribution in [0.25, 0.3) is 11.0 Å². The Balaban J connectivity index is 2.16. The molecule has 1 fully saturated rings. The van der Waals surface area contributed by atoms with Crippen LogP contribution in [0, 0.1) is 0 Å². The second-order valence-electron chi connectivity index (χ2n) is 4.62. The third kappa shape index (κ3) is 1.80. The molecule has 3 heteroatoms. The standard InChI is InChI=1S/C14H17NO2/c1-16-10-4-5-13-12(8-10)11(6-7-15)14(17-13)9-2-3-9/h4-5,8-9H,2-3,6-7,15H2,1H3. The van der Waals surface area contributed by atoms with Gasteiger partial charge in [-0.05, 0) is 44.0 Å². The van der Waals surface area contributed by atoms with Crippen molar-refractivity contribution >= 4 is 11.0 Å². The summed E-state index contributed by atoms with van der Waals surface area (Å²) in [5.74, 6) is 2.65. The number of methoxy groups -OCH3 is 1. The molecule has 1 aliphatic rings. The molecule has 1 aromatic heterocycles. The van der Waals surface area contributed by atoms with Crippen molar-refractivity contribution in [1.82, 2.24) is 0 Å².